The van der Waals surface area contributed by atoms with E-state index >= 15 is 0 Å². The van der Waals surface area contributed by atoms with Crippen LogP contribution in [-0.4, -0.2) is 25.6 Å². The molecule has 0 aliphatic heterocycles. The summed E-state index contributed by atoms with van der Waals surface area (Å²) in [5.74, 6) is -0.117. The predicted molar refractivity (Wildman–Crippen MR) is 105 cm³/mol. The number of rotatable bonds is 5. The first kappa shape index (κ1) is 17.5. The van der Waals surface area contributed by atoms with Gasteiger partial charge in [-0.15, -0.1) is 0 Å². The van der Waals surface area contributed by atoms with Gasteiger partial charge in [-0.25, -0.2) is 9.78 Å². The van der Waals surface area contributed by atoms with Crippen molar-refractivity contribution in [3.8, 4) is 0 Å². The molecular formula is C21H24N4O2. The number of imidazole rings is 1. The van der Waals surface area contributed by atoms with E-state index in [0.29, 0.717) is 12.6 Å². The van der Waals surface area contributed by atoms with Crippen molar-refractivity contribution in [2.45, 2.75) is 51.1 Å². The van der Waals surface area contributed by atoms with Gasteiger partial charge in [0.15, 0.2) is 0 Å². The number of nitrogens with zero attached hydrogens (tertiary/aromatic N) is 3. The molecule has 3 aromatic rings. The van der Waals surface area contributed by atoms with Crippen molar-refractivity contribution in [1.29, 1.82) is 0 Å². The third-order valence-electron chi connectivity index (χ3n) is 5.30. The SMILES string of the molecule is O=C(O)c1ccc2c(c1)nc(NCc1cccnc1)n2C1CCCCCC1. The summed E-state index contributed by atoms with van der Waals surface area (Å²) in [5, 5.41) is 12.8. The molecule has 1 fully saturated rings. The van der Waals surface area contributed by atoms with Crippen LogP contribution in [0.3, 0.4) is 0 Å². The molecule has 140 valence electrons. The standard InChI is InChI=1S/C21H24N4O2/c26-20(27)16-9-10-19-18(12-16)24-21(23-14-15-6-5-11-22-13-15)25(19)17-7-3-1-2-4-8-17/h5-6,9-13,17H,1-4,7-8,14H2,(H,23,24)(H,26,27). The Hall–Kier alpha value is -2.89. The number of pyridine rings is 1. The number of carboxylic acid groups (broad SMARTS) is 1. The largest absolute Gasteiger partial charge is 0.478 e. The zero-order valence-electron chi connectivity index (χ0n) is 15.3. The van der Waals surface area contributed by atoms with E-state index in [1.807, 2.05) is 24.4 Å². The van der Waals surface area contributed by atoms with E-state index in [9.17, 15) is 9.90 Å². The van der Waals surface area contributed by atoms with Gasteiger partial charge in [-0.2, -0.15) is 0 Å². The Morgan fingerprint density at radius 2 is 2.00 bits per heavy atom. The average Bonchev–Trinajstić information content (AvgIpc) is 2.85. The Morgan fingerprint density at radius 1 is 1.19 bits per heavy atom. The summed E-state index contributed by atoms with van der Waals surface area (Å²) in [4.78, 5) is 20.2. The summed E-state index contributed by atoms with van der Waals surface area (Å²) in [6, 6.07) is 9.58. The van der Waals surface area contributed by atoms with Gasteiger partial charge in [0.1, 0.15) is 0 Å². The van der Waals surface area contributed by atoms with E-state index in [2.05, 4.69) is 14.9 Å². The molecule has 6 heteroatoms. The first-order valence-corrected chi connectivity index (χ1v) is 9.60. The van der Waals surface area contributed by atoms with Gasteiger partial charge in [-0.05, 0) is 42.7 Å². The minimum atomic E-state index is -0.925. The summed E-state index contributed by atoms with van der Waals surface area (Å²) in [7, 11) is 0. The van der Waals surface area contributed by atoms with Crippen LogP contribution in [0.1, 0.15) is 60.5 Å². The summed E-state index contributed by atoms with van der Waals surface area (Å²) < 4.78 is 2.28. The maximum absolute atomic E-state index is 11.3. The molecular weight excluding hydrogens is 340 g/mol. The highest BCUT2D eigenvalue weighted by Crippen LogP contribution is 2.34. The molecule has 0 bridgehead atoms. The minimum Gasteiger partial charge on any atom is -0.478 e. The number of carboxylic acids is 1. The molecule has 0 unspecified atom stereocenters. The third-order valence-corrected chi connectivity index (χ3v) is 5.30. The van der Waals surface area contributed by atoms with Gasteiger partial charge in [-0.1, -0.05) is 31.7 Å². The Morgan fingerprint density at radius 3 is 2.70 bits per heavy atom. The third kappa shape index (κ3) is 3.79. The van der Waals surface area contributed by atoms with Crippen molar-refractivity contribution in [1.82, 2.24) is 14.5 Å². The van der Waals surface area contributed by atoms with Crippen molar-refractivity contribution < 1.29 is 9.90 Å². The monoisotopic (exact) mass is 364 g/mol. The Bertz CT molecular complexity index is 928. The molecule has 1 saturated carbocycles. The summed E-state index contributed by atoms with van der Waals surface area (Å²) >= 11 is 0. The molecule has 2 heterocycles. The molecule has 6 nitrogen and oxygen atoms in total. The fourth-order valence-electron chi connectivity index (χ4n) is 3.93. The lowest BCUT2D eigenvalue weighted by Gasteiger charge is -2.20. The summed E-state index contributed by atoms with van der Waals surface area (Å²) in [5.41, 5.74) is 3.09. The maximum atomic E-state index is 11.3. The van der Waals surface area contributed by atoms with Crippen LogP contribution in [0.2, 0.25) is 0 Å². The topological polar surface area (TPSA) is 80.0 Å². The van der Waals surface area contributed by atoms with E-state index in [1.165, 1.54) is 25.7 Å². The Balaban J connectivity index is 1.72. The van der Waals surface area contributed by atoms with Crippen LogP contribution in [-0.2, 0) is 6.54 Å². The summed E-state index contributed by atoms with van der Waals surface area (Å²) in [6.45, 7) is 0.635. The molecule has 0 amide bonds. The van der Waals surface area contributed by atoms with Crippen molar-refractivity contribution in [3.05, 3.63) is 53.9 Å². The van der Waals surface area contributed by atoms with Gasteiger partial charge in [0.2, 0.25) is 5.95 Å². The van der Waals surface area contributed by atoms with Crippen LogP contribution in [0.5, 0.6) is 0 Å². The number of aromatic nitrogens is 3. The van der Waals surface area contributed by atoms with Crippen LogP contribution >= 0.6 is 0 Å². The molecule has 4 rings (SSSR count). The number of aromatic carboxylic acids is 1. The zero-order chi connectivity index (χ0) is 18.6. The molecule has 2 aromatic heterocycles. The highest BCUT2D eigenvalue weighted by Gasteiger charge is 2.21. The molecule has 0 saturated heterocycles. The molecule has 1 aliphatic rings. The number of benzene rings is 1. The van der Waals surface area contributed by atoms with Gasteiger partial charge in [0.25, 0.3) is 0 Å². The second kappa shape index (κ2) is 7.78. The molecule has 2 N–H and O–H groups in total. The smallest absolute Gasteiger partial charge is 0.335 e. The molecule has 1 aromatic carbocycles. The van der Waals surface area contributed by atoms with Crippen molar-refractivity contribution in [2.75, 3.05) is 5.32 Å². The lowest BCUT2D eigenvalue weighted by molar-refractivity contribution is 0.0697. The van der Waals surface area contributed by atoms with Crippen LogP contribution in [0, 0.1) is 0 Å². The molecule has 0 atom stereocenters. The highest BCUT2D eigenvalue weighted by molar-refractivity contribution is 5.93. The van der Waals surface area contributed by atoms with Gasteiger partial charge in [-0.3, -0.25) is 4.98 Å². The maximum Gasteiger partial charge on any atom is 0.335 e. The molecule has 27 heavy (non-hydrogen) atoms. The number of anilines is 1. The first-order valence-electron chi connectivity index (χ1n) is 9.60. The normalized spacial score (nSPS) is 15.6. The number of hydrogen-bond acceptors (Lipinski definition) is 4. The summed E-state index contributed by atoms with van der Waals surface area (Å²) in [6.07, 6.45) is 10.9. The van der Waals surface area contributed by atoms with E-state index in [4.69, 9.17) is 4.98 Å². The van der Waals surface area contributed by atoms with Crippen molar-refractivity contribution >= 4 is 23.0 Å². The quantitative estimate of drug-likeness (QED) is 0.645. The predicted octanol–water partition coefficient (Wildman–Crippen LogP) is 4.64. The number of carbonyl (C=O) groups is 1. The van der Waals surface area contributed by atoms with Crippen LogP contribution in [0.15, 0.2) is 42.7 Å². The van der Waals surface area contributed by atoms with Crippen LogP contribution in [0.4, 0.5) is 5.95 Å². The second-order valence-corrected chi connectivity index (χ2v) is 7.17. The number of nitrogens with one attached hydrogen (secondary N) is 1. The van der Waals surface area contributed by atoms with Gasteiger partial charge in [0.05, 0.1) is 16.6 Å². The number of fused-ring (bicyclic) bond motifs is 1. The lowest BCUT2D eigenvalue weighted by atomic mass is 10.1. The number of hydrogen-bond donors (Lipinski definition) is 2. The Kier molecular flexibility index (Phi) is 5.05. The zero-order valence-corrected chi connectivity index (χ0v) is 15.3. The fourth-order valence-corrected chi connectivity index (χ4v) is 3.93. The van der Waals surface area contributed by atoms with Crippen molar-refractivity contribution in [2.24, 2.45) is 0 Å². The highest BCUT2D eigenvalue weighted by atomic mass is 16.4. The Labute approximate surface area is 158 Å². The van der Waals surface area contributed by atoms with E-state index in [1.54, 1.807) is 18.3 Å². The minimum absolute atomic E-state index is 0.270. The van der Waals surface area contributed by atoms with E-state index < -0.39 is 5.97 Å². The molecule has 0 spiro atoms. The molecule has 0 radical (unpaired) electrons. The van der Waals surface area contributed by atoms with Gasteiger partial charge < -0.3 is 15.0 Å². The second-order valence-electron chi connectivity index (χ2n) is 7.17. The van der Waals surface area contributed by atoms with Crippen LogP contribution < -0.4 is 5.32 Å². The first-order chi connectivity index (χ1) is 13.2. The molecule has 1 aliphatic carbocycles. The van der Waals surface area contributed by atoms with E-state index in [0.717, 1.165) is 35.4 Å². The fraction of sp³-hybridized carbons (Fsp3) is 0.381. The van der Waals surface area contributed by atoms with E-state index in [-0.39, 0.29) is 5.56 Å². The van der Waals surface area contributed by atoms with Crippen molar-refractivity contribution in [3.63, 3.8) is 0 Å². The van der Waals surface area contributed by atoms with Crippen LogP contribution in [0.25, 0.3) is 11.0 Å². The van der Waals surface area contributed by atoms with Gasteiger partial charge in [0, 0.05) is 25.0 Å². The lowest BCUT2D eigenvalue weighted by Crippen LogP contribution is -2.13. The average molecular weight is 364 g/mol. The van der Waals surface area contributed by atoms with Gasteiger partial charge >= 0.3 is 5.97 Å².